The molecule has 0 atom stereocenters. The van der Waals surface area contributed by atoms with E-state index in [2.05, 4.69) is 26.1 Å². The molecule has 0 bridgehead atoms. The Hall–Kier alpha value is -1.92. The maximum absolute atomic E-state index is 12.9. The van der Waals surface area contributed by atoms with Crippen molar-refractivity contribution in [2.45, 2.75) is 19.8 Å². The summed E-state index contributed by atoms with van der Waals surface area (Å²) >= 11 is 9.63. The van der Waals surface area contributed by atoms with E-state index in [0.29, 0.717) is 38.9 Å². The van der Waals surface area contributed by atoms with Crippen LogP contribution in [0.4, 0.5) is 11.4 Å². The number of carbonyl (C=O) groups is 1. The minimum absolute atomic E-state index is 0.236. The van der Waals surface area contributed by atoms with Crippen molar-refractivity contribution in [3.05, 3.63) is 45.4 Å². The topological polar surface area (TPSA) is 50.8 Å². The summed E-state index contributed by atoms with van der Waals surface area (Å²) in [5.74, 6) is 0.846. The molecule has 0 aromatic heterocycles. The number of methoxy groups -OCH3 is 1. The lowest BCUT2D eigenvalue weighted by Gasteiger charge is -2.22. The summed E-state index contributed by atoms with van der Waals surface area (Å²) in [6.07, 6.45) is 2.30. The van der Waals surface area contributed by atoms with Gasteiger partial charge in [-0.3, -0.25) is 4.79 Å². The summed E-state index contributed by atoms with van der Waals surface area (Å²) in [5, 5.41) is 3.57. The van der Waals surface area contributed by atoms with E-state index in [9.17, 15) is 4.79 Å². The predicted octanol–water partition coefficient (Wildman–Crippen LogP) is 5.36. The Bertz CT molecular complexity index is 838. The zero-order valence-corrected chi connectivity index (χ0v) is 17.7. The van der Waals surface area contributed by atoms with Crippen molar-refractivity contribution in [2.75, 3.05) is 37.0 Å². The quantitative estimate of drug-likeness (QED) is 0.639. The van der Waals surface area contributed by atoms with Gasteiger partial charge in [-0.15, -0.1) is 0 Å². The normalized spacial score (nSPS) is 13.6. The highest BCUT2D eigenvalue weighted by Crippen LogP contribution is 2.37. The third-order valence-corrected chi connectivity index (χ3v) is 5.26. The summed E-state index contributed by atoms with van der Waals surface area (Å²) in [6, 6.07) is 8.99. The van der Waals surface area contributed by atoms with Gasteiger partial charge < -0.3 is 19.7 Å². The van der Waals surface area contributed by atoms with Gasteiger partial charge in [-0.2, -0.15) is 0 Å². The Morgan fingerprint density at radius 2 is 2.00 bits per heavy atom. The lowest BCUT2D eigenvalue weighted by Crippen LogP contribution is -2.21. The van der Waals surface area contributed by atoms with Crippen molar-refractivity contribution < 1.29 is 14.3 Å². The number of ether oxygens (including phenoxy) is 2. The first-order valence-corrected chi connectivity index (χ1v) is 10.1. The number of anilines is 2. The molecule has 2 aromatic carbocycles. The number of halogens is 2. The van der Waals surface area contributed by atoms with E-state index in [1.54, 1.807) is 25.3 Å². The smallest absolute Gasteiger partial charge is 0.255 e. The Morgan fingerprint density at radius 1 is 1.26 bits per heavy atom. The van der Waals surface area contributed by atoms with E-state index >= 15 is 0 Å². The van der Waals surface area contributed by atoms with E-state index in [-0.39, 0.29) is 5.91 Å². The van der Waals surface area contributed by atoms with Gasteiger partial charge in [0.1, 0.15) is 0 Å². The molecule has 0 unspecified atom stereocenters. The molecule has 0 aliphatic carbocycles. The van der Waals surface area contributed by atoms with E-state index in [0.717, 1.165) is 31.6 Å². The van der Waals surface area contributed by atoms with Gasteiger partial charge in [0, 0.05) is 23.7 Å². The molecule has 0 saturated carbocycles. The van der Waals surface area contributed by atoms with Crippen molar-refractivity contribution >= 4 is 44.8 Å². The molecule has 144 valence electrons. The lowest BCUT2D eigenvalue weighted by molar-refractivity contribution is 0.102. The Kier molecular flexibility index (Phi) is 6.50. The number of carbonyl (C=O) groups excluding carboxylic acids is 1. The molecule has 1 aliphatic heterocycles. The highest BCUT2D eigenvalue weighted by molar-refractivity contribution is 9.10. The fourth-order valence-corrected chi connectivity index (χ4v) is 3.90. The molecule has 3 rings (SSSR count). The Morgan fingerprint density at radius 3 is 2.67 bits per heavy atom. The second-order valence-corrected chi connectivity index (χ2v) is 7.52. The van der Waals surface area contributed by atoms with Gasteiger partial charge in [0.15, 0.2) is 11.5 Å². The summed E-state index contributed by atoms with van der Waals surface area (Å²) in [7, 11) is 1.55. The van der Waals surface area contributed by atoms with Crippen LogP contribution < -0.4 is 19.7 Å². The first-order chi connectivity index (χ1) is 13.0. The van der Waals surface area contributed by atoms with E-state index in [4.69, 9.17) is 21.1 Å². The van der Waals surface area contributed by atoms with Crippen molar-refractivity contribution in [1.29, 1.82) is 0 Å². The van der Waals surface area contributed by atoms with Gasteiger partial charge in [-0.1, -0.05) is 11.6 Å². The highest BCUT2D eigenvalue weighted by Gasteiger charge is 2.20. The van der Waals surface area contributed by atoms with E-state index in [1.165, 1.54) is 0 Å². The van der Waals surface area contributed by atoms with Crippen LogP contribution in [-0.4, -0.2) is 32.7 Å². The standard InChI is InChI=1S/C20H22BrClN2O3/c1-3-27-19-15(21)10-13(11-18(19)26-2)20(25)23-16-12-14(22)6-7-17(16)24-8-4-5-9-24/h6-7,10-12H,3-5,8-9H2,1-2H3,(H,23,25). The maximum Gasteiger partial charge on any atom is 0.255 e. The number of hydrogen-bond donors (Lipinski definition) is 1. The second-order valence-electron chi connectivity index (χ2n) is 6.23. The molecule has 5 nitrogen and oxygen atoms in total. The van der Waals surface area contributed by atoms with Gasteiger partial charge in [0.05, 0.1) is 29.6 Å². The molecular weight excluding hydrogens is 432 g/mol. The van der Waals surface area contributed by atoms with Gasteiger partial charge in [-0.25, -0.2) is 0 Å². The number of amides is 1. The summed E-state index contributed by atoms with van der Waals surface area (Å²) < 4.78 is 11.6. The molecular formula is C20H22BrClN2O3. The molecule has 1 amide bonds. The van der Waals surface area contributed by atoms with Crippen LogP contribution in [0, 0.1) is 0 Å². The minimum Gasteiger partial charge on any atom is -0.493 e. The first kappa shape index (κ1) is 19.8. The van der Waals surface area contributed by atoms with Crippen LogP contribution in [-0.2, 0) is 0 Å². The average molecular weight is 454 g/mol. The average Bonchev–Trinajstić information content (AvgIpc) is 3.17. The molecule has 0 spiro atoms. The zero-order valence-electron chi connectivity index (χ0n) is 15.4. The van der Waals surface area contributed by atoms with Crippen LogP contribution in [0.5, 0.6) is 11.5 Å². The number of benzene rings is 2. The molecule has 1 N–H and O–H groups in total. The minimum atomic E-state index is -0.236. The van der Waals surface area contributed by atoms with Gasteiger partial charge in [0.2, 0.25) is 0 Å². The Balaban J connectivity index is 1.89. The third-order valence-electron chi connectivity index (χ3n) is 4.43. The second kappa shape index (κ2) is 8.85. The molecule has 1 fully saturated rings. The number of nitrogens with zero attached hydrogens (tertiary/aromatic N) is 1. The van der Waals surface area contributed by atoms with Crippen molar-refractivity contribution in [3.63, 3.8) is 0 Å². The molecule has 27 heavy (non-hydrogen) atoms. The third kappa shape index (κ3) is 4.50. The fourth-order valence-electron chi connectivity index (χ4n) is 3.17. The van der Waals surface area contributed by atoms with Gasteiger partial charge in [0.25, 0.3) is 5.91 Å². The van der Waals surface area contributed by atoms with Crippen LogP contribution in [0.25, 0.3) is 0 Å². The largest absolute Gasteiger partial charge is 0.493 e. The van der Waals surface area contributed by atoms with Crippen LogP contribution >= 0.6 is 27.5 Å². The molecule has 1 saturated heterocycles. The van der Waals surface area contributed by atoms with E-state index in [1.807, 2.05) is 19.1 Å². The lowest BCUT2D eigenvalue weighted by atomic mass is 10.1. The first-order valence-electron chi connectivity index (χ1n) is 8.89. The molecule has 2 aromatic rings. The summed E-state index contributed by atoms with van der Waals surface area (Å²) in [5.41, 5.74) is 2.16. The summed E-state index contributed by atoms with van der Waals surface area (Å²) in [6.45, 7) is 4.35. The van der Waals surface area contributed by atoms with E-state index < -0.39 is 0 Å². The van der Waals surface area contributed by atoms with Crippen LogP contribution in [0.15, 0.2) is 34.8 Å². The van der Waals surface area contributed by atoms with Crippen molar-refractivity contribution in [3.8, 4) is 11.5 Å². The van der Waals surface area contributed by atoms with Crippen molar-refractivity contribution in [1.82, 2.24) is 0 Å². The number of rotatable bonds is 6. The van der Waals surface area contributed by atoms with Crippen molar-refractivity contribution in [2.24, 2.45) is 0 Å². The number of nitrogens with one attached hydrogen (secondary N) is 1. The Labute approximate surface area is 172 Å². The highest BCUT2D eigenvalue weighted by atomic mass is 79.9. The predicted molar refractivity (Wildman–Crippen MR) is 113 cm³/mol. The molecule has 0 radical (unpaired) electrons. The van der Waals surface area contributed by atoms with Crippen LogP contribution in [0.2, 0.25) is 5.02 Å². The molecule has 7 heteroatoms. The fraction of sp³-hybridized carbons (Fsp3) is 0.350. The molecule has 1 aliphatic rings. The van der Waals surface area contributed by atoms with Crippen LogP contribution in [0.1, 0.15) is 30.1 Å². The maximum atomic E-state index is 12.9. The number of hydrogen-bond acceptors (Lipinski definition) is 4. The zero-order chi connectivity index (χ0) is 19.4. The van der Waals surface area contributed by atoms with Gasteiger partial charge >= 0.3 is 0 Å². The van der Waals surface area contributed by atoms with Crippen LogP contribution in [0.3, 0.4) is 0 Å². The SMILES string of the molecule is CCOc1c(Br)cc(C(=O)Nc2cc(Cl)ccc2N2CCCC2)cc1OC. The summed E-state index contributed by atoms with van der Waals surface area (Å²) in [4.78, 5) is 15.2. The van der Waals surface area contributed by atoms with Gasteiger partial charge in [-0.05, 0) is 66.0 Å². The molecule has 1 heterocycles. The monoisotopic (exact) mass is 452 g/mol.